The van der Waals surface area contributed by atoms with Gasteiger partial charge in [0.05, 0.1) is 11.6 Å². The smallest absolute Gasteiger partial charge is 0.395 e. The number of β-lactam (4-membered cyclic amide) rings is 1. The minimum Gasteiger partial charge on any atom is -0.474 e. The molecule has 0 spiro atoms. The third-order valence-electron chi connectivity index (χ3n) is 6.15. The van der Waals surface area contributed by atoms with Crippen molar-refractivity contribution in [1.29, 1.82) is 0 Å². The number of carboxylic acids is 1. The molecule has 190 valence electrons. The molecule has 1 fully saturated rings. The zero-order chi connectivity index (χ0) is 26.6. The highest BCUT2D eigenvalue weighted by Gasteiger charge is 2.53. The van der Waals surface area contributed by atoms with Crippen LogP contribution in [0, 0.1) is 0 Å². The monoisotopic (exact) mass is 521 g/mol. The first-order valence-corrected chi connectivity index (χ1v) is 14.8. The van der Waals surface area contributed by atoms with Gasteiger partial charge >= 0.3 is 17.8 Å². The molecular formula is C24H31NO8SSi. The van der Waals surface area contributed by atoms with Gasteiger partial charge in [-0.05, 0) is 36.7 Å². The quantitative estimate of drug-likeness (QED) is 0.171. The molecular weight excluding hydrogens is 490 g/mol. The Morgan fingerprint density at radius 1 is 1.20 bits per heavy atom. The fraction of sp³-hybridized carbons (Fsp3) is 0.458. The van der Waals surface area contributed by atoms with E-state index in [0.717, 1.165) is 0 Å². The lowest BCUT2D eigenvalue weighted by atomic mass is 9.98. The standard InChI is InChI=1S/C24H31NO8SSi/c1-7-12-32-22(30)15-9-8-10-16(14-15)23(31)34-18-17(25(19(18)26)20(27)21(28)29)11-13-33-35(5,6)24(2,3)4/h7-10,14,17-18H,1,11-13H2,2-6H3,(H,28,29)/t17-,18+/m1/s1. The lowest BCUT2D eigenvalue weighted by Crippen LogP contribution is -2.67. The molecule has 0 aliphatic carbocycles. The molecule has 0 radical (unpaired) electrons. The van der Waals surface area contributed by atoms with E-state index in [-0.39, 0.29) is 35.8 Å². The zero-order valence-electron chi connectivity index (χ0n) is 20.5. The summed E-state index contributed by atoms with van der Waals surface area (Å²) in [4.78, 5) is 61.6. The highest BCUT2D eigenvalue weighted by molar-refractivity contribution is 8.15. The molecule has 1 N–H and O–H groups in total. The third kappa shape index (κ3) is 6.68. The molecule has 11 heteroatoms. The van der Waals surface area contributed by atoms with E-state index in [0.29, 0.717) is 16.7 Å². The van der Waals surface area contributed by atoms with Gasteiger partial charge in [0, 0.05) is 12.2 Å². The maximum absolute atomic E-state index is 12.9. The molecule has 0 aromatic heterocycles. The van der Waals surface area contributed by atoms with E-state index in [2.05, 4.69) is 40.4 Å². The maximum Gasteiger partial charge on any atom is 0.395 e. The molecule has 1 aliphatic heterocycles. The van der Waals surface area contributed by atoms with Crippen LogP contribution in [-0.4, -0.2) is 71.7 Å². The van der Waals surface area contributed by atoms with Gasteiger partial charge in [-0.15, -0.1) is 0 Å². The number of amides is 2. The molecule has 1 aliphatic rings. The Bertz CT molecular complexity index is 1030. The van der Waals surface area contributed by atoms with Crippen LogP contribution in [0.2, 0.25) is 18.1 Å². The number of nitrogens with zero attached hydrogens (tertiary/aromatic N) is 1. The largest absolute Gasteiger partial charge is 0.474 e. The minimum atomic E-state index is -2.11. The Balaban J connectivity index is 2.16. The number of carboxylic acid groups (broad SMARTS) is 1. The van der Waals surface area contributed by atoms with Crippen LogP contribution in [0.1, 0.15) is 47.9 Å². The summed E-state index contributed by atoms with van der Waals surface area (Å²) in [6, 6.07) is 5.07. The van der Waals surface area contributed by atoms with Gasteiger partial charge in [0.25, 0.3) is 0 Å². The zero-order valence-corrected chi connectivity index (χ0v) is 22.3. The summed E-state index contributed by atoms with van der Waals surface area (Å²) in [5.41, 5.74) is 0.343. The molecule has 2 amide bonds. The first kappa shape index (κ1) is 28.5. The van der Waals surface area contributed by atoms with E-state index >= 15 is 0 Å². The Morgan fingerprint density at radius 2 is 1.83 bits per heavy atom. The van der Waals surface area contributed by atoms with Crippen molar-refractivity contribution in [2.45, 2.75) is 56.6 Å². The van der Waals surface area contributed by atoms with Crippen LogP contribution >= 0.6 is 11.8 Å². The number of ether oxygens (including phenoxy) is 1. The van der Waals surface area contributed by atoms with Crippen LogP contribution in [-0.2, 0) is 23.5 Å². The van der Waals surface area contributed by atoms with Gasteiger partial charge in [0.2, 0.25) is 11.0 Å². The minimum absolute atomic E-state index is 0.0222. The Labute approximate surface area is 210 Å². The molecule has 9 nitrogen and oxygen atoms in total. The van der Waals surface area contributed by atoms with Crippen molar-refractivity contribution < 1.29 is 38.2 Å². The topological polar surface area (TPSA) is 127 Å². The number of imide groups is 1. The van der Waals surface area contributed by atoms with Crippen molar-refractivity contribution >= 4 is 48.9 Å². The maximum atomic E-state index is 12.9. The van der Waals surface area contributed by atoms with Crippen LogP contribution < -0.4 is 0 Å². The van der Waals surface area contributed by atoms with Gasteiger partial charge in [-0.1, -0.05) is 57.3 Å². The number of hydrogen-bond acceptors (Lipinski definition) is 8. The SMILES string of the molecule is C=CCOC(=O)c1cccc(C(=O)S[C@@H]2C(=O)N(C(=O)C(=O)O)[C@@H]2CCO[Si](C)(C)C(C)(C)C)c1. The number of carbonyl (C=O) groups excluding carboxylic acids is 4. The number of thioether (sulfide) groups is 1. The summed E-state index contributed by atoms with van der Waals surface area (Å²) >= 11 is 0.703. The molecule has 1 saturated heterocycles. The fourth-order valence-electron chi connectivity index (χ4n) is 3.11. The molecule has 1 heterocycles. The fourth-order valence-corrected chi connectivity index (χ4v) is 5.29. The first-order valence-electron chi connectivity index (χ1n) is 11.0. The van der Waals surface area contributed by atoms with Gasteiger partial charge in [-0.3, -0.25) is 19.3 Å². The number of carbonyl (C=O) groups is 5. The second-order valence-corrected chi connectivity index (χ2v) is 15.5. The summed E-state index contributed by atoms with van der Waals surface area (Å²) in [5.74, 6) is -4.43. The van der Waals surface area contributed by atoms with E-state index in [1.807, 2.05) is 0 Å². The van der Waals surface area contributed by atoms with Gasteiger partial charge in [0.15, 0.2) is 8.32 Å². The number of likely N-dealkylation sites (tertiary alicyclic amines) is 1. The normalized spacial score (nSPS) is 18.0. The molecule has 35 heavy (non-hydrogen) atoms. The van der Waals surface area contributed by atoms with E-state index < -0.39 is 48.5 Å². The Kier molecular flexibility index (Phi) is 9.21. The van der Waals surface area contributed by atoms with Crippen molar-refractivity contribution in [2.24, 2.45) is 0 Å². The van der Waals surface area contributed by atoms with Crippen molar-refractivity contribution in [2.75, 3.05) is 13.2 Å². The lowest BCUT2D eigenvalue weighted by Gasteiger charge is -2.44. The van der Waals surface area contributed by atoms with Crippen LogP contribution in [0.15, 0.2) is 36.9 Å². The number of benzene rings is 1. The third-order valence-corrected chi connectivity index (χ3v) is 11.9. The lowest BCUT2D eigenvalue weighted by molar-refractivity contribution is -0.168. The average Bonchev–Trinajstić information content (AvgIpc) is 2.79. The van der Waals surface area contributed by atoms with Crippen molar-refractivity contribution in [3.05, 3.63) is 48.0 Å². The van der Waals surface area contributed by atoms with Crippen molar-refractivity contribution in [3.8, 4) is 0 Å². The van der Waals surface area contributed by atoms with E-state index in [4.69, 9.17) is 14.3 Å². The predicted molar refractivity (Wildman–Crippen MR) is 134 cm³/mol. The predicted octanol–water partition coefficient (Wildman–Crippen LogP) is 3.51. The summed E-state index contributed by atoms with van der Waals surface area (Å²) in [6.07, 6.45) is 1.63. The highest BCUT2D eigenvalue weighted by atomic mass is 32.2. The molecule has 2 rings (SSSR count). The van der Waals surface area contributed by atoms with Crippen LogP contribution in [0.4, 0.5) is 0 Å². The molecule has 2 atom stereocenters. The van der Waals surface area contributed by atoms with E-state index in [1.54, 1.807) is 0 Å². The molecule has 1 aromatic rings. The van der Waals surface area contributed by atoms with Gasteiger partial charge in [-0.2, -0.15) is 0 Å². The van der Waals surface area contributed by atoms with Crippen molar-refractivity contribution in [1.82, 2.24) is 4.90 Å². The molecule has 1 aromatic carbocycles. The van der Waals surface area contributed by atoms with E-state index in [9.17, 15) is 24.0 Å². The van der Waals surface area contributed by atoms with Gasteiger partial charge < -0.3 is 14.3 Å². The van der Waals surface area contributed by atoms with Crippen LogP contribution in [0.5, 0.6) is 0 Å². The Hall–Kier alpha value is -2.76. The number of rotatable bonds is 9. The average molecular weight is 522 g/mol. The summed E-state index contributed by atoms with van der Waals surface area (Å²) in [5, 5.41) is 7.63. The van der Waals surface area contributed by atoms with Crippen molar-refractivity contribution in [3.63, 3.8) is 0 Å². The van der Waals surface area contributed by atoms with E-state index in [1.165, 1.54) is 30.3 Å². The first-order chi connectivity index (χ1) is 16.2. The Morgan fingerprint density at radius 3 is 2.40 bits per heavy atom. The molecule has 0 bridgehead atoms. The van der Waals surface area contributed by atoms with Crippen LogP contribution in [0.3, 0.4) is 0 Å². The van der Waals surface area contributed by atoms with Gasteiger partial charge in [0.1, 0.15) is 11.9 Å². The second kappa shape index (κ2) is 11.3. The van der Waals surface area contributed by atoms with Crippen LogP contribution in [0.25, 0.3) is 0 Å². The number of esters is 1. The second-order valence-electron chi connectivity index (χ2n) is 9.58. The van der Waals surface area contributed by atoms with Gasteiger partial charge in [-0.25, -0.2) is 9.59 Å². The summed E-state index contributed by atoms with van der Waals surface area (Å²) in [7, 11) is -2.11. The molecule has 0 unspecified atom stereocenters. The number of aliphatic carboxylic acids is 1. The summed E-state index contributed by atoms with van der Waals surface area (Å²) < 4.78 is 11.1. The highest BCUT2D eigenvalue weighted by Crippen LogP contribution is 2.38. The summed E-state index contributed by atoms with van der Waals surface area (Å²) in [6.45, 7) is 14.0. The molecule has 0 saturated carbocycles. The number of hydrogen-bond donors (Lipinski definition) is 1.